The van der Waals surface area contributed by atoms with Gasteiger partial charge in [-0.2, -0.15) is 0 Å². The van der Waals surface area contributed by atoms with Gasteiger partial charge in [0.1, 0.15) is 5.75 Å². The van der Waals surface area contributed by atoms with Crippen molar-refractivity contribution in [2.75, 3.05) is 0 Å². The van der Waals surface area contributed by atoms with E-state index in [2.05, 4.69) is 0 Å². The van der Waals surface area contributed by atoms with Crippen molar-refractivity contribution >= 4 is 11.6 Å². The van der Waals surface area contributed by atoms with Crippen molar-refractivity contribution in [3.05, 3.63) is 28.3 Å². The molecule has 0 bridgehead atoms. The summed E-state index contributed by atoms with van der Waals surface area (Å²) in [5, 5.41) is 10.0. The summed E-state index contributed by atoms with van der Waals surface area (Å²) in [7, 11) is 0. The summed E-state index contributed by atoms with van der Waals surface area (Å²) < 4.78 is 0. The Hall–Kier alpha value is -0.730. The van der Waals surface area contributed by atoms with Gasteiger partial charge in [0.15, 0.2) is 0 Å². The lowest BCUT2D eigenvalue weighted by atomic mass is 10.1. The number of hydrogen-bond donors (Lipinski definition) is 2. The highest BCUT2D eigenvalue weighted by molar-refractivity contribution is 6.31. The van der Waals surface area contributed by atoms with Gasteiger partial charge in [0.2, 0.25) is 0 Å². The van der Waals surface area contributed by atoms with Gasteiger partial charge >= 0.3 is 0 Å². The van der Waals surface area contributed by atoms with Crippen molar-refractivity contribution in [3.63, 3.8) is 0 Å². The summed E-state index contributed by atoms with van der Waals surface area (Å²) in [6.45, 7) is 3.66. The highest BCUT2D eigenvalue weighted by Crippen LogP contribution is 2.31. The van der Waals surface area contributed by atoms with Crippen molar-refractivity contribution in [1.82, 2.24) is 0 Å². The van der Waals surface area contributed by atoms with E-state index in [4.69, 9.17) is 17.3 Å². The molecule has 0 spiro atoms. The fourth-order valence-corrected chi connectivity index (χ4v) is 1.63. The molecule has 1 rings (SSSR count). The van der Waals surface area contributed by atoms with Gasteiger partial charge in [-0.15, -0.1) is 0 Å². The molecule has 0 amide bonds. The molecule has 0 fully saturated rings. The van der Waals surface area contributed by atoms with E-state index in [1.807, 2.05) is 6.92 Å². The van der Waals surface area contributed by atoms with Crippen molar-refractivity contribution < 1.29 is 5.11 Å². The van der Waals surface area contributed by atoms with Gasteiger partial charge in [0.05, 0.1) is 0 Å². The zero-order chi connectivity index (χ0) is 9.30. The maximum atomic E-state index is 9.48. The Kier molecular flexibility index (Phi) is 2.60. The van der Waals surface area contributed by atoms with Gasteiger partial charge < -0.3 is 10.8 Å². The fourth-order valence-electron chi connectivity index (χ4n) is 1.19. The Balaban J connectivity index is 3.28. The van der Waals surface area contributed by atoms with Crippen LogP contribution in [0.4, 0.5) is 0 Å². The first kappa shape index (κ1) is 9.36. The van der Waals surface area contributed by atoms with E-state index in [0.29, 0.717) is 10.6 Å². The highest BCUT2D eigenvalue weighted by Gasteiger charge is 2.10. The van der Waals surface area contributed by atoms with E-state index in [0.717, 1.165) is 5.56 Å². The quantitative estimate of drug-likeness (QED) is 0.706. The van der Waals surface area contributed by atoms with Gasteiger partial charge in [-0.1, -0.05) is 11.6 Å². The third-order valence-corrected chi connectivity index (χ3v) is 2.02. The first-order valence-electron chi connectivity index (χ1n) is 3.77. The molecule has 0 radical (unpaired) electrons. The summed E-state index contributed by atoms with van der Waals surface area (Å²) in [6, 6.07) is 3.21. The molecule has 0 aliphatic rings. The first-order valence-corrected chi connectivity index (χ1v) is 4.14. The number of nitrogens with two attached hydrogens (primary N) is 1. The predicted octanol–water partition coefficient (Wildman–Crippen LogP) is 2.37. The molecule has 0 aliphatic heterocycles. The molecule has 1 unspecified atom stereocenters. The van der Waals surface area contributed by atoms with E-state index in [-0.39, 0.29) is 11.8 Å². The smallest absolute Gasteiger partial charge is 0.122 e. The van der Waals surface area contributed by atoms with Crippen LogP contribution in [0.15, 0.2) is 12.1 Å². The number of aryl methyl sites for hydroxylation is 1. The summed E-state index contributed by atoms with van der Waals surface area (Å²) in [4.78, 5) is 0. The lowest BCUT2D eigenvalue weighted by molar-refractivity contribution is 0.463. The second-order valence-corrected chi connectivity index (χ2v) is 3.38. The molecular weight excluding hydrogens is 174 g/mol. The lowest BCUT2D eigenvalue weighted by Crippen LogP contribution is -2.06. The molecule has 0 aliphatic carbocycles. The molecule has 66 valence electrons. The van der Waals surface area contributed by atoms with Gasteiger partial charge in [-0.25, -0.2) is 0 Å². The van der Waals surface area contributed by atoms with Crippen LogP contribution < -0.4 is 5.73 Å². The predicted molar refractivity (Wildman–Crippen MR) is 50.5 cm³/mol. The Bertz CT molecular complexity index is 274. The summed E-state index contributed by atoms with van der Waals surface area (Å²) in [5.74, 6) is 0.176. The summed E-state index contributed by atoms with van der Waals surface area (Å²) in [6.07, 6.45) is 0. The third-order valence-electron chi connectivity index (χ3n) is 1.71. The molecular formula is C9H12ClNO. The normalized spacial score (nSPS) is 13.0. The standard InChI is InChI=1S/C9H12ClNO/c1-5-3-7(10)9(6(2)11)8(12)4-5/h3-4,6,12H,11H2,1-2H3. The van der Waals surface area contributed by atoms with Gasteiger partial charge in [-0.3, -0.25) is 0 Å². The van der Waals surface area contributed by atoms with Crippen LogP contribution in [-0.2, 0) is 0 Å². The van der Waals surface area contributed by atoms with Crippen molar-refractivity contribution in [2.24, 2.45) is 5.73 Å². The van der Waals surface area contributed by atoms with E-state index < -0.39 is 0 Å². The monoisotopic (exact) mass is 185 g/mol. The molecule has 3 N–H and O–H groups in total. The molecule has 2 nitrogen and oxygen atoms in total. The molecule has 0 saturated heterocycles. The Labute approximate surface area is 77.0 Å². The van der Waals surface area contributed by atoms with Crippen LogP contribution in [-0.4, -0.2) is 5.11 Å². The number of aromatic hydroxyl groups is 1. The molecule has 3 heteroatoms. The second-order valence-electron chi connectivity index (χ2n) is 2.97. The maximum Gasteiger partial charge on any atom is 0.122 e. The first-order chi connectivity index (χ1) is 5.52. The van der Waals surface area contributed by atoms with Crippen LogP contribution in [0.25, 0.3) is 0 Å². The summed E-state index contributed by atoms with van der Waals surface area (Å²) >= 11 is 5.89. The van der Waals surface area contributed by atoms with Crippen molar-refractivity contribution in [1.29, 1.82) is 0 Å². The Morgan fingerprint density at radius 3 is 2.50 bits per heavy atom. The largest absolute Gasteiger partial charge is 0.508 e. The molecule has 12 heavy (non-hydrogen) atoms. The minimum Gasteiger partial charge on any atom is -0.508 e. The van der Waals surface area contributed by atoms with Gasteiger partial charge in [0, 0.05) is 16.6 Å². The third kappa shape index (κ3) is 1.71. The fraction of sp³-hybridized carbons (Fsp3) is 0.333. The van der Waals surface area contributed by atoms with Crippen molar-refractivity contribution in [2.45, 2.75) is 19.9 Å². The van der Waals surface area contributed by atoms with E-state index in [9.17, 15) is 5.11 Å². The minimum absolute atomic E-state index is 0.176. The van der Waals surface area contributed by atoms with E-state index in [1.54, 1.807) is 19.1 Å². The molecule has 0 heterocycles. The average molecular weight is 186 g/mol. The SMILES string of the molecule is Cc1cc(O)c(C(C)N)c(Cl)c1. The molecule has 0 aromatic heterocycles. The Morgan fingerprint density at radius 2 is 2.08 bits per heavy atom. The average Bonchev–Trinajstić information content (AvgIpc) is 1.82. The zero-order valence-electron chi connectivity index (χ0n) is 7.13. The topological polar surface area (TPSA) is 46.2 Å². The van der Waals surface area contributed by atoms with E-state index in [1.165, 1.54) is 0 Å². The highest BCUT2D eigenvalue weighted by atomic mass is 35.5. The number of benzene rings is 1. The number of phenolic OH excluding ortho intramolecular Hbond substituents is 1. The minimum atomic E-state index is -0.238. The lowest BCUT2D eigenvalue weighted by Gasteiger charge is -2.11. The maximum absolute atomic E-state index is 9.48. The number of rotatable bonds is 1. The molecule has 1 aromatic rings. The second kappa shape index (κ2) is 3.33. The number of halogens is 1. The number of hydrogen-bond acceptors (Lipinski definition) is 2. The Morgan fingerprint density at radius 1 is 1.50 bits per heavy atom. The van der Waals surface area contributed by atoms with Crippen LogP contribution in [0.5, 0.6) is 5.75 Å². The van der Waals surface area contributed by atoms with Crippen LogP contribution >= 0.6 is 11.6 Å². The van der Waals surface area contributed by atoms with Crippen LogP contribution in [0.1, 0.15) is 24.1 Å². The molecule has 0 saturated carbocycles. The van der Waals surface area contributed by atoms with Crippen LogP contribution in [0.2, 0.25) is 5.02 Å². The molecule has 1 atom stereocenters. The zero-order valence-corrected chi connectivity index (χ0v) is 7.89. The number of phenols is 1. The van der Waals surface area contributed by atoms with Crippen molar-refractivity contribution in [3.8, 4) is 5.75 Å². The van der Waals surface area contributed by atoms with Crippen LogP contribution in [0, 0.1) is 6.92 Å². The van der Waals surface area contributed by atoms with E-state index >= 15 is 0 Å². The van der Waals surface area contributed by atoms with Gasteiger partial charge in [-0.05, 0) is 31.5 Å². The van der Waals surface area contributed by atoms with Gasteiger partial charge in [0.25, 0.3) is 0 Å². The van der Waals surface area contributed by atoms with Crippen LogP contribution in [0.3, 0.4) is 0 Å². The summed E-state index contributed by atoms with van der Waals surface area (Å²) in [5.41, 5.74) is 7.17. The molecule has 1 aromatic carbocycles.